The van der Waals surface area contributed by atoms with Gasteiger partial charge in [-0.3, -0.25) is 9.59 Å². The van der Waals surface area contributed by atoms with Crippen LogP contribution in [0.1, 0.15) is 40.0 Å². The topological polar surface area (TPSA) is 43.4 Å². The van der Waals surface area contributed by atoms with E-state index in [0.29, 0.717) is 13.0 Å². The van der Waals surface area contributed by atoms with Crippen LogP contribution in [-0.4, -0.2) is 18.4 Å². The molecular weight excluding hydrogens is 168 g/mol. The highest BCUT2D eigenvalue weighted by atomic mass is 16.5. The first-order chi connectivity index (χ1) is 6.11. The van der Waals surface area contributed by atoms with Crippen molar-refractivity contribution in [2.45, 2.75) is 40.0 Å². The van der Waals surface area contributed by atoms with Crippen LogP contribution in [0.3, 0.4) is 0 Å². The zero-order valence-electron chi connectivity index (χ0n) is 8.63. The van der Waals surface area contributed by atoms with E-state index in [4.69, 9.17) is 4.74 Å². The summed E-state index contributed by atoms with van der Waals surface area (Å²) >= 11 is 0. The first kappa shape index (κ1) is 12.1. The maximum absolute atomic E-state index is 11.3. The third kappa shape index (κ3) is 5.39. The molecule has 0 heterocycles. The van der Waals surface area contributed by atoms with Crippen molar-refractivity contribution in [1.29, 1.82) is 0 Å². The molecular formula is C10H18O3. The summed E-state index contributed by atoms with van der Waals surface area (Å²) in [7, 11) is 0. The Hall–Kier alpha value is -0.860. The minimum Gasteiger partial charge on any atom is -0.466 e. The molecule has 0 aliphatic rings. The van der Waals surface area contributed by atoms with Gasteiger partial charge in [-0.25, -0.2) is 0 Å². The molecule has 0 aliphatic heterocycles. The zero-order valence-corrected chi connectivity index (χ0v) is 8.63. The molecule has 0 aromatic rings. The first-order valence-corrected chi connectivity index (χ1v) is 4.80. The molecule has 0 rings (SSSR count). The normalized spacial score (nSPS) is 12.2. The number of Topliss-reactive ketones (excluding diaryl/α,β-unsaturated/α-hetero) is 1. The van der Waals surface area contributed by atoms with Gasteiger partial charge < -0.3 is 4.74 Å². The Bertz CT molecular complexity index is 175. The van der Waals surface area contributed by atoms with Crippen LogP contribution in [0.5, 0.6) is 0 Å². The van der Waals surface area contributed by atoms with Crippen molar-refractivity contribution >= 4 is 11.8 Å². The van der Waals surface area contributed by atoms with Gasteiger partial charge in [0.2, 0.25) is 0 Å². The molecule has 0 saturated carbocycles. The van der Waals surface area contributed by atoms with Crippen molar-refractivity contribution in [1.82, 2.24) is 0 Å². The van der Waals surface area contributed by atoms with Crippen LogP contribution in [0.15, 0.2) is 0 Å². The molecule has 3 nitrogen and oxygen atoms in total. The van der Waals surface area contributed by atoms with Gasteiger partial charge in [-0.2, -0.15) is 0 Å². The number of carbonyl (C=O) groups excluding carboxylic acids is 2. The highest BCUT2D eigenvalue weighted by Crippen LogP contribution is 2.08. The van der Waals surface area contributed by atoms with Crippen LogP contribution >= 0.6 is 0 Å². The van der Waals surface area contributed by atoms with E-state index in [-0.39, 0.29) is 24.1 Å². The minimum atomic E-state index is -0.278. The molecule has 0 aromatic heterocycles. The second kappa shape index (κ2) is 6.63. The van der Waals surface area contributed by atoms with Gasteiger partial charge in [0.1, 0.15) is 5.78 Å². The van der Waals surface area contributed by atoms with Crippen LogP contribution in [0.2, 0.25) is 0 Å². The van der Waals surface area contributed by atoms with E-state index >= 15 is 0 Å². The van der Waals surface area contributed by atoms with E-state index in [1.807, 2.05) is 6.92 Å². The highest BCUT2D eigenvalue weighted by Gasteiger charge is 2.16. The molecule has 13 heavy (non-hydrogen) atoms. The molecule has 0 amide bonds. The van der Waals surface area contributed by atoms with Gasteiger partial charge in [-0.15, -0.1) is 0 Å². The largest absolute Gasteiger partial charge is 0.466 e. The lowest BCUT2D eigenvalue weighted by atomic mass is 9.99. The summed E-state index contributed by atoms with van der Waals surface area (Å²) in [4.78, 5) is 22.3. The summed E-state index contributed by atoms with van der Waals surface area (Å²) in [5.41, 5.74) is 0. The van der Waals surface area contributed by atoms with E-state index in [1.54, 1.807) is 13.8 Å². The Kier molecular flexibility index (Phi) is 6.20. The number of hydrogen-bond donors (Lipinski definition) is 0. The lowest BCUT2D eigenvalue weighted by molar-refractivity contribution is -0.145. The Balaban J connectivity index is 3.78. The lowest BCUT2D eigenvalue weighted by Gasteiger charge is -2.08. The standard InChI is InChI=1S/C10H18O3/c1-4-6-9(11)8(3)7-10(12)13-5-2/h8H,4-7H2,1-3H3. The van der Waals surface area contributed by atoms with Gasteiger partial charge in [-0.1, -0.05) is 13.8 Å². The minimum absolute atomic E-state index is 0.149. The van der Waals surface area contributed by atoms with Crippen LogP contribution < -0.4 is 0 Å². The fourth-order valence-electron chi connectivity index (χ4n) is 1.08. The Morgan fingerprint density at radius 2 is 1.92 bits per heavy atom. The van der Waals surface area contributed by atoms with E-state index < -0.39 is 0 Å². The van der Waals surface area contributed by atoms with Crippen molar-refractivity contribution in [3.05, 3.63) is 0 Å². The molecule has 76 valence electrons. The van der Waals surface area contributed by atoms with Gasteiger partial charge in [0.05, 0.1) is 13.0 Å². The molecule has 1 unspecified atom stereocenters. The number of rotatable bonds is 6. The molecule has 0 N–H and O–H groups in total. The summed E-state index contributed by atoms with van der Waals surface area (Å²) in [6.45, 7) is 5.87. The van der Waals surface area contributed by atoms with Crippen LogP contribution in [0.25, 0.3) is 0 Å². The van der Waals surface area contributed by atoms with Crippen molar-refractivity contribution in [2.24, 2.45) is 5.92 Å². The average molecular weight is 186 g/mol. The summed E-state index contributed by atoms with van der Waals surface area (Å²) < 4.78 is 4.75. The molecule has 0 radical (unpaired) electrons. The van der Waals surface area contributed by atoms with Gasteiger partial charge in [0, 0.05) is 12.3 Å². The summed E-state index contributed by atoms with van der Waals surface area (Å²) in [6.07, 6.45) is 1.61. The second-order valence-electron chi connectivity index (χ2n) is 3.13. The highest BCUT2D eigenvalue weighted by molar-refractivity contribution is 5.84. The monoisotopic (exact) mass is 186 g/mol. The van der Waals surface area contributed by atoms with Crippen molar-refractivity contribution in [2.75, 3.05) is 6.61 Å². The summed E-state index contributed by atoms with van der Waals surface area (Å²) in [5, 5.41) is 0. The number of esters is 1. The molecule has 0 spiro atoms. The molecule has 0 saturated heterocycles. The SMILES string of the molecule is CCCC(=O)C(C)CC(=O)OCC. The number of ketones is 1. The van der Waals surface area contributed by atoms with Crippen LogP contribution in [0.4, 0.5) is 0 Å². The van der Waals surface area contributed by atoms with Gasteiger partial charge in [0.15, 0.2) is 0 Å². The Labute approximate surface area is 79.5 Å². The molecule has 0 fully saturated rings. The molecule has 1 atom stereocenters. The zero-order chi connectivity index (χ0) is 10.3. The molecule has 0 aromatic carbocycles. The smallest absolute Gasteiger partial charge is 0.306 e. The van der Waals surface area contributed by atoms with E-state index in [2.05, 4.69) is 0 Å². The predicted molar refractivity (Wildman–Crippen MR) is 50.3 cm³/mol. The Morgan fingerprint density at radius 3 is 2.38 bits per heavy atom. The van der Waals surface area contributed by atoms with Crippen LogP contribution in [-0.2, 0) is 14.3 Å². The molecule has 0 bridgehead atoms. The fourth-order valence-corrected chi connectivity index (χ4v) is 1.08. The van der Waals surface area contributed by atoms with Gasteiger partial charge >= 0.3 is 5.97 Å². The summed E-state index contributed by atoms with van der Waals surface area (Å²) in [6, 6.07) is 0. The quantitative estimate of drug-likeness (QED) is 0.595. The number of hydrogen-bond acceptors (Lipinski definition) is 3. The van der Waals surface area contributed by atoms with Crippen molar-refractivity contribution in [3.63, 3.8) is 0 Å². The number of ether oxygens (including phenoxy) is 1. The maximum atomic E-state index is 11.3. The third-order valence-electron chi connectivity index (χ3n) is 1.82. The Morgan fingerprint density at radius 1 is 1.31 bits per heavy atom. The first-order valence-electron chi connectivity index (χ1n) is 4.80. The van der Waals surface area contributed by atoms with E-state index in [1.165, 1.54) is 0 Å². The van der Waals surface area contributed by atoms with Crippen molar-refractivity contribution < 1.29 is 14.3 Å². The second-order valence-corrected chi connectivity index (χ2v) is 3.13. The van der Waals surface area contributed by atoms with Crippen molar-refractivity contribution in [3.8, 4) is 0 Å². The van der Waals surface area contributed by atoms with E-state index in [9.17, 15) is 9.59 Å². The predicted octanol–water partition coefficient (Wildman–Crippen LogP) is 1.94. The van der Waals surface area contributed by atoms with E-state index in [0.717, 1.165) is 6.42 Å². The van der Waals surface area contributed by atoms with Crippen LogP contribution in [0, 0.1) is 5.92 Å². The number of carbonyl (C=O) groups is 2. The third-order valence-corrected chi connectivity index (χ3v) is 1.82. The fraction of sp³-hybridized carbons (Fsp3) is 0.800. The van der Waals surface area contributed by atoms with Gasteiger partial charge in [0.25, 0.3) is 0 Å². The maximum Gasteiger partial charge on any atom is 0.306 e. The molecule has 3 heteroatoms. The summed E-state index contributed by atoms with van der Waals surface area (Å²) in [5.74, 6) is -0.325. The average Bonchev–Trinajstić information content (AvgIpc) is 2.05. The molecule has 0 aliphatic carbocycles. The lowest BCUT2D eigenvalue weighted by Crippen LogP contribution is -2.16. The van der Waals surface area contributed by atoms with Gasteiger partial charge in [-0.05, 0) is 13.3 Å².